The summed E-state index contributed by atoms with van der Waals surface area (Å²) in [5.41, 5.74) is 2.43. The molecule has 0 bridgehead atoms. The van der Waals surface area contributed by atoms with E-state index in [1.165, 1.54) is 0 Å². The van der Waals surface area contributed by atoms with Gasteiger partial charge in [-0.2, -0.15) is 0 Å². The van der Waals surface area contributed by atoms with Gasteiger partial charge in [0.25, 0.3) is 0 Å². The average Bonchev–Trinajstić information content (AvgIpc) is 1.37. The topological polar surface area (TPSA) is 21.3 Å². The maximum Gasteiger partial charge on any atom is 0.0572 e. The second-order valence-electron chi connectivity index (χ2n) is 0.408. The van der Waals surface area contributed by atoms with Gasteiger partial charge in [0, 0.05) is 7.05 Å². The Hall–Kier alpha value is 0.500. The molecule has 0 aromatic heterocycles. The SMILES string of the molecule is CNOC.Cl.Cl. The highest BCUT2D eigenvalue weighted by Gasteiger charge is 1.45. The monoisotopic (exact) mass is 133 g/mol. The molecule has 0 radical (unpaired) electrons. The molecule has 0 aromatic carbocycles. The summed E-state index contributed by atoms with van der Waals surface area (Å²) >= 11 is 0. The lowest BCUT2D eigenvalue weighted by Gasteiger charge is -1.80. The standard InChI is InChI=1S/C2H7NO.2ClH/c1-3-4-2;;/h3H,1-2H3;2*1H. The third-order valence-electron chi connectivity index (χ3n) is 0.204. The van der Waals surface area contributed by atoms with Crippen LogP contribution in [0.2, 0.25) is 0 Å². The molecule has 0 spiro atoms. The summed E-state index contributed by atoms with van der Waals surface area (Å²) < 4.78 is 0. The van der Waals surface area contributed by atoms with Crippen LogP contribution < -0.4 is 5.48 Å². The van der Waals surface area contributed by atoms with Crippen LogP contribution in [0.3, 0.4) is 0 Å². The van der Waals surface area contributed by atoms with Crippen LogP contribution in [0.4, 0.5) is 0 Å². The average molecular weight is 134 g/mol. The van der Waals surface area contributed by atoms with Crippen LogP contribution in [0.5, 0.6) is 0 Å². The molecule has 0 aliphatic carbocycles. The summed E-state index contributed by atoms with van der Waals surface area (Å²) in [6, 6.07) is 0. The van der Waals surface area contributed by atoms with Crippen molar-refractivity contribution in [3.63, 3.8) is 0 Å². The Bertz CT molecular complexity index is 13.5. The van der Waals surface area contributed by atoms with Crippen molar-refractivity contribution in [3.05, 3.63) is 0 Å². The summed E-state index contributed by atoms with van der Waals surface area (Å²) in [5, 5.41) is 0. The minimum Gasteiger partial charge on any atom is -0.305 e. The molecule has 6 heavy (non-hydrogen) atoms. The third-order valence-corrected chi connectivity index (χ3v) is 0.204. The Morgan fingerprint density at radius 3 is 1.50 bits per heavy atom. The van der Waals surface area contributed by atoms with Crippen molar-refractivity contribution in [3.8, 4) is 0 Å². The summed E-state index contributed by atoms with van der Waals surface area (Å²) in [7, 11) is 3.28. The van der Waals surface area contributed by atoms with Gasteiger partial charge in [0.15, 0.2) is 0 Å². The van der Waals surface area contributed by atoms with Crippen molar-refractivity contribution in [1.29, 1.82) is 0 Å². The fraction of sp³-hybridized carbons (Fsp3) is 1.00. The lowest BCUT2D eigenvalue weighted by Crippen LogP contribution is -2.00. The van der Waals surface area contributed by atoms with Crippen LogP contribution in [0.25, 0.3) is 0 Å². The fourth-order valence-corrected chi connectivity index (χ4v) is 0. The van der Waals surface area contributed by atoms with Crippen molar-refractivity contribution in [2.45, 2.75) is 0 Å². The molecule has 0 atom stereocenters. The highest BCUT2D eigenvalue weighted by molar-refractivity contribution is 5.85. The van der Waals surface area contributed by atoms with Crippen molar-refractivity contribution in [2.75, 3.05) is 14.2 Å². The molecule has 0 aliphatic rings. The summed E-state index contributed by atoms with van der Waals surface area (Å²) in [5.74, 6) is 0. The molecule has 4 heteroatoms. The third kappa shape index (κ3) is 24.5. The second-order valence-corrected chi connectivity index (χ2v) is 0.408. The van der Waals surface area contributed by atoms with Gasteiger partial charge in [0.2, 0.25) is 0 Å². The van der Waals surface area contributed by atoms with Gasteiger partial charge in [-0.25, -0.2) is 5.48 Å². The normalized spacial score (nSPS) is 5.00. The highest BCUT2D eigenvalue weighted by atomic mass is 35.5. The van der Waals surface area contributed by atoms with Crippen LogP contribution in [0, 0.1) is 0 Å². The molecule has 0 aromatic rings. The van der Waals surface area contributed by atoms with E-state index in [1.807, 2.05) is 0 Å². The van der Waals surface area contributed by atoms with E-state index in [0.29, 0.717) is 0 Å². The number of halogens is 2. The number of hydroxylamine groups is 1. The van der Waals surface area contributed by atoms with Crippen molar-refractivity contribution in [1.82, 2.24) is 5.48 Å². The first kappa shape index (κ1) is 16.1. The van der Waals surface area contributed by atoms with Gasteiger partial charge in [-0.05, 0) is 0 Å². The zero-order valence-electron chi connectivity index (χ0n) is 3.72. The number of nitrogens with one attached hydrogen (secondary N) is 1. The largest absolute Gasteiger partial charge is 0.305 e. The maximum absolute atomic E-state index is 4.29. The van der Waals surface area contributed by atoms with E-state index in [0.717, 1.165) is 0 Å². The van der Waals surface area contributed by atoms with Crippen LogP contribution in [0.1, 0.15) is 0 Å². The van der Waals surface area contributed by atoms with Crippen molar-refractivity contribution in [2.24, 2.45) is 0 Å². The molecular weight excluding hydrogens is 125 g/mol. The molecule has 42 valence electrons. The molecule has 0 unspecified atom stereocenters. The maximum atomic E-state index is 4.29. The lowest BCUT2D eigenvalue weighted by molar-refractivity contribution is 0.112. The number of hydrogen-bond donors (Lipinski definition) is 1. The van der Waals surface area contributed by atoms with E-state index in [4.69, 9.17) is 0 Å². The first-order valence-corrected chi connectivity index (χ1v) is 1.11. The molecule has 1 N–H and O–H groups in total. The van der Waals surface area contributed by atoms with Crippen LogP contribution in [0.15, 0.2) is 0 Å². The van der Waals surface area contributed by atoms with Gasteiger partial charge in [-0.3, -0.25) is 0 Å². The van der Waals surface area contributed by atoms with E-state index < -0.39 is 0 Å². The van der Waals surface area contributed by atoms with Gasteiger partial charge in [0.1, 0.15) is 0 Å². The zero-order chi connectivity index (χ0) is 3.41. The zero-order valence-corrected chi connectivity index (χ0v) is 5.36. The Labute approximate surface area is 50.0 Å². The van der Waals surface area contributed by atoms with E-state index in [-0.39, 0.29) is 24.8 Å². The Balaban J connectivity index is -0.0000000450. The minimum absolute atomic E-state index is 0. The Kier molecular flexibility index (Phi) is 47.7. The highest BCUT2D eigenvalue weighted by Crippen LogP contribution is 1.32. The molecule has 0 saturated heterocycles. The van der Waals surface area contributed by atoms with Crippen LogP contribution in [-0.4, -0.2) is 14.2 Å². The summed E-state index contributed by atoms with van der Waals surface area (Å²) in [4.78, 5) is 4.29. The molecule has 0 amide bonds. The lowest BCUT2D eigenvalue weighted by atomic mass is 11.5. The van der Waals surface area contributed by atoms with Crippen molar-refractivity contribution < 1.29 is 4.84 Å². The summed E-state index contributed by atoms with van der Waals surface area (Å²) in [6.07, 6.45) is 0. The molecule has 0 aliphatic heterocycles. The first-order chi connectivity index (χ1) is 1.91. The van der Waals surface area contributed by atoms with Crippen LogP contribution in [-0.2, 0) is 4.84 Å². The van der Waals surface area contributed by atoms with Gasteiger partial charge in [-0.15, -0.1) is 24.8 Å². The Morgan fingerprint density at radius 1 is 1.33 bits per heavy atom. The van der Waals surface area contributed by atoms with E-state index in [1.54, 1.807) is 14.2 Å². The van der Waals surface area contributed by atoms with E-state index >= 15 is 0 Å². The molecule has 0 saturated carbocycles. The van der Waals surface area contributed by atoms with E-state index in [2.05, 4.69) is 10.3 Å². The predicted octanol–water partition coefficient (Wildman–Crippen LogP) is 0.611. The minimum atomic E-state index is 0. The molecule has 2 nitrogen and oxygen atoms in total. The van der Waals surface area contributed by atoms with Gasteiger partial charge in [0.05, 0.1) is 7.11 Å². The van der Waals surface area contributed by atoms with E-state index in [9.17, 15) is 0 Å². The smallest absolute Gasteiger partial charge is 0.0572 e. The van der Waals surface area contributed by atoms with Gasteiger partial charge >= 0.3 is 0 Å². The van der Waals surface area contributed by atoms with Gasteiger partial charge in [-0.1, -0.05) is 0 Å². The van der Waals surface area contributed by atoms with Gasteiger partial charge < -0.3 is 4.84 Å². The number of hydrogen-bond acceptors (Lipinski definition) is 2. The Morgan fingerprint density at radius 2 is 1.50 bits per heavy atom. The van der Waals surface area contributed by atoms with Crippen LogP contribution >= 0.6 is 24.8 Å². The molecule has 0 heterocycles. The molecular formula is C2H9Cl2NO. The molecule has 0 fully saturated rings. The second kappa shape index (κ2) is 17.8. The molecule has 0 rings (SSSR count). The quantitative estimate of drug-likeness (QED) is 0.530. The van der Waals surface area contributed by atoms with Crippen molar-refractivity contribution >= 4 is 24.8 Å². The fourth-order valence-electron chi connectivity index (χ4n) is 0. The summed E-state index contributed by atoms with van der Waals surface area (Å²) in [6.45, 7) is 0. The first-order valence-electron chi connectivity index (χ1n) is 1.11. The number of rotatable bonds is 1. The predicted molar refractivity (Wildman–Crippen MR) is 30.6 cm³/mol.